The maximum atomic E-state index is 11.7. The number of carbonyl (C=O) groups is 1. The van der Waals surface area contributed by atoms with Crippen molar-refractivity contribution in [3.63, 3.8) is 0 Å². The van der Waals surface area contributed by atoms with Gasteiger partial charge in [-0.25, -0.2) is 15.0 Å². The molecule has 0 spiro atoms. The Hall–Kier alpha value is -2.99. The number of pyridine rings is 1. The van der Waals surface area contributed by atoms with E-state index in [0.717, 1.165) is 41.2 Å². The summed E-state index contributed by atoms with van der Waals surface area (Å²) in [4.78, 5) is 26.3. The number of aromatic nitrogens is 3. The van der Waals surface area contributed by atoms with Gasteiger partial charge in [0.15, 0.2) is 0 Å². The first-order valence-electron chi connectivity index (χ1n) is 8.22. The summed E-state index contributed by atoms with van der Waals surface area (Å²) in [7, 11) is 0. The lowest BCUT2D eigenvalue weighted by atomic mass is 10.0. The molecule has 3 aromatic rings. The maximum absolute atomic E-state index is 11.7. The Morgan fingerprint density at radius 1 is 1.15 bits per heavy atom. The van der Waals surface area contributed by atoms with Crippen molar-refractivity contribution >= 4 is 29.0 Å². The summed E-state index contributed by atoms with van der Waals surface area (Å²) in [6.45, 7) is 0.764. The molecule has 1 aliphatic heterocycles. The van der Waals surface area contributed by atoms with E-state index in [1.807, 2.05) is 24.3 Å². The summed E-state index contributed by atoms with van der Waals surface area (Å²) in [6, 6.07) is 9.63. The smallest absolute Gasteiger partial charge is 0.249 e. The zero-order valence-corrected chi connectivity index (χ0v) is 14.6. The van der Waals surface area contributed by atoms with Gasteiger partial charge in [0.05, 0.1) is 0 Å². The largest absolute Gasteiger partial charge is 0.366 e. The molecule has 6 nitrogen and oxygen atoms in total. The molecule has 4 rings (SSSR count). The third-order valence-corrected chi connectivity index (χ3v) is 4.66. The minimum atomic E-state index is -0.395. The van der Waals surface area contributed by atoms with Gasteiger partial charge in [0.1, 0.15) is 5.82 Å². The topological polar surface area (TPSA) is 85.0 Å². The van der Waals surface area contributed by atoms with E-state index in [9.17, 15) is 4.79 Å². The highest BCUT2D eigenvalue weighted by Crippen LogP contribution is 2.35. The number of primary amides is 1. The first-order chi connectivity index (χ1) is 12.6. The van der Waals surface area contributed by atoms with Crippen molar-refractivity contribution in [1.29, 1.82) is 0 Å². The van der Waals surface area contributed by atoms with Crippen molar-refractivity contribution in [2.75, 3.05) is 11.4 Å². The highest BCUT2D eigenvalue weighted by atomic mass is 35.5. The summed E-state index contributed by atoms with van der Waals surface area (Å²) < 4.78 is 0. The molecule has 1 amide bonds. The highest BCUT2D eigenvalue weighted by Gasteiger charge is 2.25. The molecule has 2 N–H and O–H groups in total. The van der Waals surface area contributed by atoms with Crippen molar-refractivity contribution < 1.29 is 4.79 Å². The molecule has 7 heteroatoms. The van der Waals surface area contributed by atoms with Crippen LogP contribution in [0.3, 0.4) is 0 Å². The Morgan fingerprint density at radius 3 is 2.73 bits per heavy atom. The molecule has 0 fully saturated rings. The molecule has 0 aliphatic carbocycles. The number of rotatable bonds is 4. The third-order valence-electron chi connectivity index (χ3n) is 4.46. The fourth-order valence-electron chi connectivity index (χ4n) is 3.29. The lowest BCUT2D eigenvalue weighted by molar-refractivity contribution is 0.0999. The Labute approximate surface area is 155 Å². The number of nitrogens with two attached hydrogens (primary N) is 1. The van der Waals surface area contributed by atoms with E-state index in [4.69, 9.17) is 17.3 Å². The average molecular weight is 366 g/mol. The van der Waals surface area contributed by atoms with Crippen molar-refractivity contribution in [1.82, 2.24) is 15.0 Å². The zero-order valence-electron chi connectivity index (χ0n) is 13.9. The number of carbonyl (C=O) groups excluding carboxylic acids is 1. The lowest BCUT2D eigenvalue weighted by Gasteiger charge is -2.19. The van der Waals surface area contributed by atoms with Gasteiger partial charge in [0, 0.05) is 42.8 Å². The van der Waals surface area contributed by atoms with Crippen LogP contribution in [-0.2, 0) is 12.8 Å². The fourth-order valence-corrected chi connectivity index (χ4v) is 3.38. The molecule has 26 heavy (non-hydrogen) atoms. The van der Waals surface area contributed by atoms with E-state index < -0.39 is 5.91 Å². The average Bonchev–Trinajstić information content (AvgIpc) is 3.08. The van der Waals surface area contributed by atoms with Crippen molar-refractivity contribution in [3.8, 4) is 0 Å². The minimum Gasteiger partial charge on any atom is -0.366 e. The molecule has 1 aromatic carbocycles. The second-order valence-electron chi connectivity index (χ2n) is 6.13. The quantitative estimate of drug-likeness (QED) is 0.718. The first kappa shape index (κ1) is 16.5. The van der Waals surface area contributed by atoms with Gasteiger partial charge in [-0.1, -0.05) is 6.07 Å². The van der Waals surface area contributed by atoms with Gasteiger partial charge in [-0.2, -0.15) is 0 Å². The van der Waals surface area contributed by atoms with Gasteiger partial charge in [0.25, 0.3) is 0 Å². The van der Waals surface area contributed by atoms with Gasteiger partial charge in [-0.05, 0) is 59.0 Å². The normalized spacial score (nSPS) is 12.9. The van der Waals surface area contributed by atoms with Gasteiger partial charge in [-0.15, -0.1) is 0 Å². The molecule has 0 saturated heterocycles. The van der Waals surface area contributed by atoms with Gasteiger partial charge >= 0.3 is 0 Å². The van der Waals surface area contributed by atoms with E-state index in [2.05, 4.69) is 19.9 Å². The number of halogens is 1. The van der Waals surface area contributed by atoms with Crippen LogP contribution in [0.5, 0.6) is 0 Å². The number of amides is 1. The molecule has 1 aliphatic rings. The number of hydrogen-bond acceptors (Lipinski definition) is 5. The van der Waals surface area contributed by atoms with E-state index in [0.29, 0.717) is 12.0 Å². The molecule has 0 saturated carbocycles. The molecule has 0 radical (unpaired) electrons. The molecule has 2 aromatic heterocycles. The van der Waals surface area contributed by atoms with Crippen LogP contribution in [0.4, 0.5) is 11.5 Å². The van der Waals surface area contributed by atoms with Gasteiger partial charge < -0.3 is 10.6 Å². The summed E-state index contributed by atoms with van der Waals surface area (Å²) in [6.07, 6.45) is 6.69. The monoisotopic (exact) mass is 365 g/mol. The Kier molecular flexibility index (Phi) is 4.26. The third kappa shape index (κ3) is 3.11. The Bertz CT molecular complexity index is 974. The maximum Gasteiger partial charge on any atom is 0.249 e. The van der Waals surface area contributed by atoms with Crippen LogP contribution in [-0.4, -0.2) is 27.4 Å². The van der Waals surface area contributed by atoms with E-state index in [-0.39, 0.29) is 5.28 Å². The van der Waals surface area contributed by atoms with Crippen molar-refractivity contribution in [2.45, 2.75) is 12.8 Å². The van der Waals surface area contributed by atoms with Gasteiger partial charge in [0.2, 0.25) is 11.2 Å². The van der Waals surface area contributed by atoms with Crippen LogP contribution < -0.4 is 10.6 Å². The minimum absolute atomic E-state index is 0.239. The van der Waals surface area contributed by atoms with E-state index in [1.54, 1.807) is 24.7 Å². The van der Waals surface area contributed by atoms with Crippen LogP contribution in [0.1, 0.15) is 27.0 Å². The first-order valence-corrected chi connectivity index (χ1v) is 8.60. The van der Waals surface area contributed by atoms with Crippen LogP contribution in [0.25, 0.3) is 0 Å². The molecule has 0 bridgehead atoms. The van der Waals surface area contributed by atoms with Crippen LogP contribution >= 0.6 is 11.6 Å². The fraction of sp³-hybridized carbons (Fsp3) is 0.158. The summed E-state index contributed by atoms with van der Waals surface area (Å²) in [5.74, 6) is 0.450. The molecular formula is C19H16ClN5O. The summed E-state index contributed by atoms with van der Waals surface area (Å²) in [5.41, 5.74) is 10.1. The van der Waals surface area contributed by atoms with E-state index >= 15 is 0 Å². The number of nitrogens with zero attached hydrogens (tertiary/aromatic N) is 4. The van der Waals surface area contributed by atoms with Crippen LogP contribution in [0, 0.1) is 0 Å². The van der Waals surface area contributed by atoms with E-state index in [1.165, 1.54) is 0 Å². The van der Waals surface area contributed by atoms with Crippen LogP contribution in [0.15, 0.2) is 48.9 Å². The summed E-state index contributed by atoms with van der Waals surface area (Å²) >= 11 is 5.74. The predicted molar refractivity (Wildman–Crippen MR) is 99.8 cm³/mol. The lowest BCUT2D eigenvalue weighted by Crippen LogP contribution is -2.15. The molecule has 0 unspecified atom stereocenters. The molecule has 130 valence electrons. The molecule has 0 atom stereocenters. The Morgan fingerprint density at radius 2 is 1.96 bits per heavy atom. The molecular weight excluding hydrogens is 350 g/mol. The number of hydrogen-bond donors (Lipinski definition) is 1. The predicted octanol–water partition coefficient (Wildman–Crippen LogP) is 2.91. The van der Waals surface area contributed by atoms with Crippen LogP contribution in [0.2, 0.25) is 5.28 Å². The zero-order chi connectivity index (χ0) is 18.1. The number of anilines is 2. The number of fused-ring (bicyclic) bond motifs is 1. The SMILES string of the molecule is NC(=O)c1cccc2c1CCN2c1cc(Cc2cnc(Cl)nc2)ccn1. The van der Waals surface area contributed by atoms with Crippen molar-refractivity contribution in [2.24, 2.45) is 5.73 Å². The van der Waals surface area contributed by atoms with Crippen molar-refractivity contribution in [3.05, 3.63) is 76.5 Å². The molecule has 3 heterocycles. The second-order valence-corrected chi connectivity index (χ2v) is 6.47. The highest BCUT2D eigenvalue weighted by molar-refractivity contribution is 6.28. The number of benzene rings is 1. The second kappa shape index (κ2) is 6.72. The standard InChI is InChI=1S/C19H16ClN5O/c20-19-23-10-13(11-24-19)8-12-4-6-22-17(9-12)25-7-5-14-15(18(21)26)2-1-3-16(14)25/h1-4,6,9-11H,5,7-8H2,(H2,21,26). The Balaban J connectivity index is 1.64. The van der Waals surface area contributed by atoms with Gasteiger partial charge in [-0.3, -0.25) is 4.79 Å². The summed E-state index contributed by atoms with van der Waals surface area (Å²) in [5, 5.41) is 0.239.